The number of ether oxygens (including phenoxy) is 1. The van der Waals surface area contributed by atoms with Gasteiger partial charge in [0, 0.05) is 29.6 Å². The minimum Gasteiger partial charge on any atom is -0.484 e. The summed E-state index contributed by atoms with van der Waals surface area (Å²) in [5, 5.41) is 6.49. The van der Waals surface area contributed by atoms with Gasteiger partial charge in [0.15, 0.2) is 12.3 Å². The summed E-state index contributed by atoms with van der Waals surface area (Å²) in [5.41, 5.74) is 2.43. The molecule has 0 saturated heterocycles. The lowest BCUT2D eigenvalue weighted by atomic mass is 10.1. The molecule has 0 aliphatic carbocycles. The fourth-order valence-corrected chi connectivity index (χ4v) is 4.09. The number of benzene rings is 2. The highest BCUT2D eigenvalue weighted by Crippen LogP contribution is 2.26. The lowest BCUT2D eigenvalue weighted by molar-refractivity contribution is -0.132. The first-order chi connectivity index (χ1) is 15.1. The third kappa shape index (κ3) is 4.34. The van der Waals surface area contributed by atoms with Gasteiger partial charge in [-0.1, -0.05) is 30.3 Å². The first-order valence-corrected chi connectivity index (χ1v) is 10.9. The van der Waals surface area contributed by atoms with Gasteiger partial charge in [-0.05, 0) is 38.1 Å². The summed E-state index contributed by atoms with van der Waals surface area (Å²) < 4.78 is 7.33. The molecule has 0 unspecified atom stereocenters. The zero-order valence-electron chi connectivity index (χ0n) is 17.3. The number of thiazole rings is 1. The SMILES string of the molecule is CCN(CC)C(=O)COc1ccc(-c2csc3nc(=O)c(-c4ccccc4)nn23)cc1. The number of hydrogen-bond donors (Lipinski definition) is 0. The Bertz CT molecular complexity index is 1250. The highest BCUT2D eigenvalue weighted by Gasteiger charge is 2.14. The van der Waals surface area contributed by atoms with Gasteiger partial charge < -0.3 is 9.64 Å². The highest BCUT2D eigenvalue weighted by atomic mass is 32.1. The maximum absolute atomic E-state index is 12.4. The van der Waals surface area contributed by atoms with Crippen molar-refractivity contribution < 1.29 is 9.53 Å². The van der Waals surface area contributed by atoms with Crippen LogP contribution in [0.5, 0.6) is 5.75 Å². The van der Waals surface area contributed by atoms with Crippen molar-refractivity contribution in [2.45, 2.75) is 13.8 Å². The Labute approximate surface area is 183 Å². The quantitative estimate of drug-likeness (QED) is 0.443. The molecule has 0 aliphatic rings. The van der Waals surface area contributed by atoms with Crippen LogP contribution in [0.4, 0.5) is 0 Å². The Hall–Kier alpha value is -3.52. The normalized spacial score (nSPS) is 10.9. The number of hydrogen-bond acceptors (Lipinski definition) is 6. The second-order valence-corrected chi connectivity index (χ2v) is 7.66. The van der Waals surface area contributed by atoms with Crippen LogP contribution in [0.1, 0.15) is 13.8 Å². The fourth-order valence-electron chi connectivity index (χ4n) is 3.27. The van der Waals surface area contributed by atoms with Crippen LogP contribution in [-0.2, 0) is 4.79 Å². The molecular formula is C23H22N4O3S. The van der Waals surface area contributed by atoms with Crippen LogP contribution in [0.25, 0.3) is 27.5 Å². The molecular weight excluding hydrogens is 412 g/mol. The average molecular weight is 435 g/mol. The topological polar surface area (TPSA) is 76.8 Å². The van der Waals surface area contributed by atoms with Crippen LogP contribution >= 0.6 is 11.3 Å². The lowest BCUT2D eigenvalue weighted by Crippen LogP contribution is -2.34. The molecule has 2 aromatic carbocycles. The smallest absolute Gasteiger partial charge is 0.300 e. The van der Waals surface area contributed by atoms with Crippen molar-refractivity contribution in [2.24, 2.45) is 0 Å². The number of fused-ring (bicyclic) bond motifs is 1. The van der Waals surface area contributed by atoms with Crippen molar-refractivity contribution >= 4 is 22.2 Å². The summed E-state index contributed by atoms with van der Waals surface area (Å²) in [5.74, 6) is 0.581. The summed E-state index contributed by atoms with van der Waals surface area (Å²) in [4.78, 5) is 31.0. The van der Waals surface area contributed by atoms with Gasteiger partial charge in [-0.15, -0.1) is 11.3 Å². The summed E-state index contributed by atoms with van der Waals surface area (Å²) in [6.45, 7) is 5.23. The highest BCUT2D eigenvalue weighted by molar-refractivity contribution is 7.15. The molecule has 0 saturated carbocycles. The number of carbonyl (C=O) groups is 1. The van der Waals surface area contributed by atoms with Crippen LogP contribution in [0.3, 0.4) is 0 Å². The van der Waals surface area contributed by atoms with Crippen molar-refractivity contribution in [3.63, 3.8) is 0 Å². The van der Waals surface area contributed by atoms with Crippen LogP contribution in [0.2, 0.25) is 0 Å². The van der Waals surface area contributed by atoms with Gasteiger partial charge in [0.2, 0.25) is 4.96 Å². The van der Waals surface area contributed by atoms with Gasteiger partial charge in [0.25, 0.3) is 5.91 Å². The van der Waals surface area contributed by atoms with Crippen molar-refractivity contribution in [1.29, 1.82) is 0 Å². The monoisotopic (exact) mass is 434 g/mol. The molecule has 158 valence electrons. The molecule has 1 amide bonds. The Morgan fingerprint density at radius 1 is 1.03 bits per heavy atom. The zero-order valence-corrected chi connectivity index (χ0v) is 18.1. The molecule has 4 rings (SSSR count). The van der Waals surface area contributed by atoms with E-state index in [-0.39, 0.29) is 18.1 Å². The second kappa shape index (κ2) is 9.09. The van der Waals surface area contributed by atoms with E-state index in [1.165, 1.54) is 11.3 Å². The van der Waals surface area contributed by atoms with Gasteiger partial charge in [-0.2, -0.15) is 10.1 Å². The van der Waals surface area contributed by atoms with E-state index >= 15 is 0 Å². The molecule has 8 heteroatoms. The number of aromatic nitrogens is 3. The molecule has 0 atom stereocenters. The molecule has 7 nitrogen and oxygen atoms in total. The van der Waals surface area contributed by atoms with E-state index in [9.17, 15) is 9.59 Å². The molecule has 0 bridgehead atoms. The number of amides is 1. The summed E-state index contributed by atoms with van der Waals surface area (Å²) in [6.07, 6.45) is 0. The molecule has 4 aromatic rings. The fraction of sp³-hybridized carbons (Fsp3) is 0.217. The molecule has 31 heavy (non-hydrogen) atoms. The molecule has 0 fully saturated rings. The molecule has 2 heterocycles. The van der Waals surface area contributed by atoms with Gasteiger partial charge in [0.05, 0.1) is 5.69 Å². The van der Waals surface area contributed by atoms with Crippen molar-refractivity contribution in [1.82, 2.24) is 19.5 Å². The minimum atomic E-state index is -0.346. The number of nitrogens with zero attached hydrogens (tertiary/aromatic N) is 4. The third-order valence-corrected chi connectivity index (χ3v) is 5.78. The number of rotatable bonds is 7. The first kappa shape index (κ1) is 20.7. The van der Waals surface area contributed by atoms with E-state index in [0.29, 0.717) is 29.5 Å². The number of likely N-dealkylation sites (N-methyl/N-ethyl adjacent to an activating group) is 1. The number of carbonyl (C=O) groups excluding carboxylic acids is 1. The zero-order chi connectivity index (χ0) is 21.8. The Morgan fingerprint density at radius 2 is 1.74 bits per heavy atom. The van der Waals surface area contributed by atoms with Gasteiger partial charge in [0.1, 0.15) is 5.75 Å². The van der Waals surface area contributed by atoms with Crippen molar-refractivity contribution in [2.75, 3.05) is 19.7 Å². The Morgan fingerprint density at radius 3 is 2.42 bits per heavy atom. The van der Waals surface area contributed by atoms with Crippen LogP contribution in [0.15, 0.2) is 64.8 Å². The first-order valence-electron chi connectivity index (χ1n) is 10.1. The van der Waals surface area contributed by atoms with Gasteiger partial charge in [-0.3, -0.25) is 9.59 Å². The van der Waals surface area contributed by atoms with Gasteiger partial charge >= 0.3 is 5.56 Å². The maximum atomic E-state index is 12.4. The Kier molecular flexibility index (Phi) is 6.08. The van der Waals surface area contributed by atoms with Crippen molar-refractivity contribution in [3.05, 3.63) is 70.3 Å². The average Bonchev–Trinajstić information content (AvgIpc) is 3.21. The van der Waals surface area contributed by atoms with Gasteiger partial charge in [-0.25, -0.2) is 4.52 Å². The van der Waals surface area contributed by atoms with E-state index in [2.05, 4.69) is 10.1 Å². The van der Waals surface area contributed by atoms with E-state index in [4.69, 9.17) is 4.74 Å². The lowest BCUT2D eigenvalue weighted by Gasteiger charge is -2.18. The van der Waals surface area contributed by atoms with Crippen LogP contribution < -0.4 is 10.3 Å². The van der Waals surface area contributed by atoms with E-state index < -0.39 is 0 Å². The minimum absolute atomic E-state index is 0.00927. The standard InChI is InChI=1S/C23H22N4O3S/c1-3-26(4-2)20(28)14-30-18-12-10-16(11-13-18)19-15-31-23-24-22(29)21(25-27(19)23)17-8-6-5-7-9-17/h5-13,15H,3-4,14H2,1-2H3. The molecule has 0 aliphatic heterocycles. The molecule has 2 aromatic heterocycles. The predicted molar refractivity (Wildman–Crippen MR) is 121 cm³/mol. The molecule has 0 spiro atoms. The summed E-state index contributed by atoms with van der Waals surface area (Å²) in [6, 6.07) is 16.8. The van der Waals surface area contributed by atoms with Crippen LogP contribution in [0, 0.1) is 0 Å². The molecule has 0 radical (unpaired) electrons. The largest absolute Gasteiger partial charge is 0.484 e. The van der Waals surface area contributed by atoms with E-state index in [0.717, 1.165) is 16.8 Å². The van der Waals surface area contributed by atoms with Crippen molar-refractivity contribution in [3.8, 4) is 28.3 Å². The van der Waals surface area contributed by atoms with E-state index in [1.807, 2.05) is 73.8 Å². The van der Waals surface area contributed by atoms with E-state index in [1.54, 1.807) is 9.42 Å². The summed E-state index contributed by atoms with van der Waals surface area (Å²) in [7, 11) is 0. The maximum Gasteiger partial charge on any atom is 0.300 e. The molecule has 0 N–H and O–H groups in total. The Balaban J connectivity index is 1.59. The predicted octanol–water partition coefficient (Wildman–Crippen LogP) is 3.73. The third-order valence-electron chi connectivity index (χ3n) is 4.96. The summed E-state index contributed by atoms with van der Waals surface area (Å²) >= 11 is 1.36. The second-order valence-electron chi connectivity index (χ2n) is 6.83. The van der Waals surface area contributed by atoms with Crippen LogP contribution in [-0.4, -0.2) is 45.1 Å².